The van der Waals surface area contributed by atoms with Crippen LogP contribution in [0.3, 0.4) is 0 Å². The second-order valence-electron chi connectivity index (χ2n) is 4.28. The monoisotopic (exact) mass is 365 g/mol. The number of nitrogens with one attached hydrogen (secondary N) is 1. The highest BCUT2D eigenvalue weighted by Gasteiger charge is 2.35. The molecule has 0 aliphatic heterocycles. The zero-order valence-corrected chi connectivity index (χ0v) is 13.1. The highest BCUT2D eigenvalue weighted by molar-refractivity contribution is 9.12. The van der Waals surface area contributed by atoms with Gasteiger partial charge in [0.2, 0.25) is 0 Å². The van der Waals surface area contributed by atoms with Gasteiger partial charge in [0, 0.05) is 22.6 Å². The van der Waals surface area contributed by atoms with Crippen molar-refractivity contribution in [3.05, 3.63) is 24.3 Å². The van der Waals surface area contributed by atoms with Gasteiger partial charge in [-0.2, -0.15) is 0 Å². The minimum absolute atomic E-state index is 0.177. The number of alkyl carbamates (subject to hydrolysis) is 1. The molecular formula is C12H17Br2NO2. The van der Waals surface area contributed by atoms with Crippen molar-refractivity contribution in [1.82, 2.24) is 5.32 Å². The van der Waals surface area contributed by atoms with Crippen LogP contribution in [0.25, 0.3) is 0 Å². The van der Waals surface area contributed by atoms with E-state index >= 15 is 0 Å². The van der Waals surface area contributed by atoms with Gasteiger partial charge in [0.25, 0.3) is 0 Å². The first-order valence-corrected chi connectivity index (χ1v) is 7.50. The van der Waals surface area contributed by atoms with Crippen molar-refractivity contribution in [2.75, 3.05) is 12.4 Å². The summed E-state index contributed by atoms with van der Waals surface area (Å²) in [4.78, 5) is 11.7. The van der Waals surface area contributed by atoms with E-state index in [4.69, 9.17) is 4.74 Å². The van der Waals surface area contributed by atoms with Crippen LogP contribution in [-0.2, 0) is 4.74 Å². The van der Waals surface area contributed by atoms with Gasteiger partial charge in [0.05, 0.1) is 0 Å². The molecule has 3 unspecified atom stereocenters. The second kappa shape index (κ2) is 6.59. The molecule has 3 nitrogen and oxygen atoms in total. The Labute approximate surface area is 119 Å². The first-order valence-electron chi connectivity index (χ1n) is 5.46. The fraction of sp³-hybridized carbons (Fsp3) is 0.583. The predicted octanol–water partition coefficient (Wildman–Crippen LogP) is 3.39. The summed E-state index contributed by atoms with van der Waals surface area (Å²) < 4.78 is 5.38. The topological polar surface area (TPSA) is 38.3 Å². The van der Waals surface area contributed by atoms with Crippen molar-refractivity contribution in [1.29, 1.82) is 0 Å². The van der Waals surface area contributed by atoms with E-state index in [2.05, 4.69) is 50.2 Å². The third kappa shape index (κ3) is 4.14. The van der Waals surface area contributed by atoms with Crippen LogP contribution >= 0.6 is 31.9 Å². The Morgan fingerprint density at radius 2 is 2.29 bits per heavy atom. The minimum Gasteiger partial charge on any atom is -0.441 e. The quantitative estimate of drug-likeness (QED) is 0.774. The first-order chi connectivity index (χ1) is 8.01. The van der Waals surface area contributed by atoms with Crippen LogP contribution in [0.5, 0.6) is 0 Å². The summed E-state index contributed by atoms with van der Waals surface area (Å²) in [6.45, 7) is 2.09. The van der Waals surface area contributed by atoms with E-state index in [0.717, 1.165) is 11.8 Å². The second-order valence-corrected chi connectivity index (χ2v) is 6.22. The van der Waals surface area contributed by atoms with Gasteiger partial charge in [0.1, 0.15) is 6.10 Å². The van der Waals surface area contributed by atoms with Gasteiger partial charge in [-0.3, -0.25) is 0 Å². The Morgan fingerprint density at radius 1 is 1.59 bits per heavy atom. The molecule has 3 atom stereocenters. The van der Waals surface area contributed by atoms with E-state index in [1.54, 1.807) is 7.05 Å². The van der Waals surface area contributed by atoms with Crippen LogP contribution in [0.4, 0.5) is 4.79 Å². The standard InChI is InChI=1S/C12H17Br2NO2/c1-12(7-9(14)8-13)6-4-3-5-10(12)17-11(16)15-2/h3-6,9-10H,7-8H2,1-2H3,(H,15,16). The summed E-state index contributed by atoms with van der Waals surface area (Å²) in [5.41, 5.74) is -0.177. The molecule has 96 valence electrons. The van der Waals surface area contributed by atoms with Gasteiger partial charge in [0.15, 0.2) is 0 Å². The fourth-order valence-electron chi connectivity index (χ4n) is 1.82. The Hall–Kier alpha value is -0.290. The highest BCUT2D eigenvalue weighted by Crippen LogP contribution is 2.37. The number of alkyl halides is 2. The lowest BCUT2D eigenvalue weighted by Crippen LogP contribution is -2.38. The molecule has 0 aromatic carbocycles. The smallest absolute Gasteiger partial charge is 0.407 e. The maximum absolute atomic E-state index is 11.3. The van der Waals surface area contributed by atoms with Crippen LogP contribution in [0, 0.1) is 5.41 Å². The number of hydrogen-bond donors (Lipinski definition) is 1. The molecule has 0 aromatic rings. The molecule has 0 bridgehead atoms. The Balaban J connectivity index is 2.75. The summed E-state index contributed by atoms with van der Waals surface area (Å²) in [7, 11) is 1.56. The van der Waals surface area contributed by atoms with E-state index in [1.807, 2.05) is 18.2 Å². The molecule has 1 N–H and O–H groups in total. The van der Waals surface area contributed by atoms with Crippen molar-refractivity contribution in [3.63, 3.8) is 0 Å². The van der Waals surface area contributed by atoms with Gasteiger partial charge in [-0.15, -0.1) is 0 Å². The lowest BCUT2D eigenvalue weighted by molar-refractivity contribution is 0.0631. The molecule has 0 fully saturated rings. The number of hydrogen-bond acceptors (Lipinski definition) is 2. The molecule has 0 spiro atoms. The molecule has 1 aliphatic rings. The minimum atomic E-state index is -0.397. The first kappa shape index (κ1) is 14.8. The van der Waals surface area contributed by atoms with Gasteiger partial charge in [-0.05, 0) is 12.5 Å². The molecule has 5 heteroatoms. The molecule has 1 amide bonds. The van der Waals surface area contributed by atoms with E-state index < -0.39 is 6.09 Å². The van der Waals surface area contributed by atoms with Gasteiger partial charge >= 0.3 is 6.09 Å². The Bertz CT molecular complexity index is 330. The Morgan fingerprint density at radius 3 is 2.88 bits per heavy atom. The van der Waals surface area contributed by atoms with E-state index in [1.165, 1.54) is 0 Å². The molecule has 17 heavy (non-hydrogen) atoms. The summed E-state index contributed by atoms with van der Waals surface area (Å²) in [6, 6.07) is 0. The SMILES string of the molecule is CNC(=O)OC1C=CC=CC1(C)CC(Br)CBr. The maximum Gasteiger partial charge on any atom is 0.407 e. The number of amides is 1. The number of allylic oxidation sites excluding steroid dienone is 2. The molecule has 0 radical (unpaired) electrons. The predicted molar refractivity (Wildman–Crippen MR) is 76.8 cm³/mol. The Kier molecular flexibility index (Phi) is 5.73. The maximum atomic E-state index is 11.3. The number of rotatable bonds is 4. The third-order valence-corrected chi connectivity index (χ3v) is 5.09. The fourth-order valence-corrected chi connectivity index (χ4v) is 2.75. The number of halogens is 2. The van der Waals surface area contributed by atoms with Crippen molar-refractivity contribution in [2.24, 2.45) is 5.41 Å². The van der Waals surface area contributed by atoms with Crippen LogP contribution in [0.15, 0.2) is 24.3 Å². The zero-order valence-electron chi connectivity index (χ0n) is 9.95. The van der Waals surface area contributed by atoms with Gasteiger partial charge in [-0.25, -0.2) is 4.79 Å². The molecular weight excluding hydrogens is 350 g/mol. The van der Waals surface area contributed by atoms with Crippen LogP contribution in [0.2, 0.25) is 0 Å². The van der Waals surface area contributed by atoms with E-state index in [9.17, 15) is 4.79 Å². The number of carbonyl (C=O) groups is 1. The molecule has 1 rings (SSSR count). The van der Waals surface area contributed by atoms with Gasteiger partial charge in [-0.1, -0.05) is 57.0 Å². The lowest BCUT2D eigenvalue weighted by atomic mass is 9.77. The number of carbonyl (C=O) groups excluding carboxylic acids is 1. The van der Waals surface area contributed by atoms with Gasteiger partial charge < -0.3 is 10.1 Å². The molecule has 0 saturated heterocycles. The summed E-state index contributed by atoms with van der Waals surface area (Å²) in [5, 5.41) is 3.35. The van der Waals surface area contributed by atoms with Crippen LogP contribution in [-0.4, -0.2) is 29.4 Å². The largest absolute Gasteiger partial charge is 0.441 e. The average molecular weight is 367 g/mol. The summed E-state index contributed by atoms with van der Waals surface area (Å²) in [5.74, 6) is 0. The number of ether oxygens (including phenoxy) is 1. The molecule has 0 aromatic heterocycles. The summed E-state index contributed by atoms with van der Waals surface area (Å²) >= 11 is 7.04. The summed E-state index contributed by atoms with van der Waals surface area (Å²) in [6.07, 6.45) is 8.18. The zero-order chi connectivity index (χ0) is 12.9. The molecule has 0 saturated carbocycles. The third-order valence-electron chi connectivity index (χ3n) is 2.79. The van der Waals surface area contributed by atoms with Crippen LogP contribution < -0.4 is 5.32 Å². The van der Waals surface area contributed by atoms with E-state index in [-0.39, 0.29) is 11.5 Å². The molecule has 1 aliphatic carbocycles. The van der Waals surface area contributed by atoms with Crippen LogP contribution in [0.1, 0.15) is 13.3 Å². The van der Waals surface area contributed by atoms with E-state index in [0.29, 0.717) is 4.83 Å². The highest BCUT2D eigenvalue weighted by atomic mass is 79.9. The van der Waals surface area contributed by atoms with Crippen molar-refractivity contribution >= 4 is 38.0 Å². The average Bonchev–Trinajstić information content (AvgIpc) is 2.31. The van der Waals surface area contributed by atoms with Crippen molar-refractivity contribution in [2.45, 2.75) is 24.3 Å². The van der Waals surface area contributed by atoms with Crippen molar-refractivity contribution in [3.8, 4) is 0 Å². The molecule has 0 heterocycles. The normalized spacial score (nSPS) is 28.8. The lowest BCUT2D eigenvalue weighted by Gasteiger charge is -2.35. The van der Waals surface area contributed by atoms with Crippen molar-refractivity contribution < 1.29 is 9.53 Å².